The number of nitrogens with zero attached hydrogens (tertiary/aromatic N) is 1. The predicted octanol–water partition coefficient (Wildman–Crippen LogP) is 6.37. The van der Waals surface area contributed by atoms with E-state index in [9.17, 15) is 4.79 Å². The Labute approximate surface area is 204 Å². The van der Waals surface area contributed by atoms with Crippen LogP contribution in [0.3, 0.4) is 0 Å². The number of rotatable bonds is 8. The van der Waals surface area contributed by atoms with E-state index in [1.165, 1.54) is 17.3 Å². The molecule has 1 fully saturated rings. The molecule has 0 atom stereocenters. The topological polar surface area (TPSA) is 38.8 Å². The quantitative estimate of drug-likeness (QED) is 0.279. The second-order valence-corrected chi connectivity index (χ2v) is 9.28. The molecule has 3 aromatic rings. The minimum Gasteiger partial charge on any atom is -0.490 e. The summed E-state index contributed by atoms with van der Waals surface area (Å²) in [6.45, 7) is 5.46. The van der Waals surface area contributed by atoms with E-state index < -0.39 is 0 Å². The maximum absolute atomic E-state index is 13.0. The molecule has 4 rings (SSSR count). The highest BCUT2D eigenvalue weighted by molar-refractivity contribution is 8.26. The molecule has 1 heterocycles. The van der Waals surface area contributed by atoms with Crippen LogP contribution in [0.1, 0.15) is 29.2 Å². The van der Waals surface area contributed by atoms with Gasteiger partial charge in [-0.25, -0.2) is 0 Å². The first-order valence-electron chi connectivity index (χ1n) is 10.8. The van der Waals surface area contributed by atoms with Crippen LogP contribution in [0.5, 0.6) is 11.5 Å². The lowest BCUT2D eigenvalue weighted by Crippen LogP contribution is -2.27. The Morgan fingerprint density at radius 2 is 1.73 bits per heavy atom. The zero-order chi connectivity index (χ0) is 23.2. The number of carbonyl (C=O) groups excluding carboxylic acids is 1. The van der Waals surface area contributed by atoms with Crippen LogP contribution in [0.15, 0.2) is 77.7 Å². The molecule has 168 valence electrons. The van der Waals surface area contributed by atoms with Crippen LogP contribution in [0.2, 0.25) is 0 Å². The third kappa shape index (κ3) is 5.64. The van der Waals surface area contributed by atoms with Gasteiger partial charge in [-0.05, 0) is 54.3 Å². The molecule has 1 aliphatic rings. The molecule has 0 unspecified atom stereocenters. The summed E-state index contributed by atoms with van der Waals surface area (Å²) in [5.41, 5.74) is 4.22. The summed E-state index contributed by atoms with van der Waals surface area (Å²) in [6.07, 6.45) is 1.86. The van der Waals surface area contributed by atoms with E-state index in [4.69, 9.17) is 21.7 Å². The lowest BCUT2D eigenvalue weighted by molar-refractivity contribution is -0.122. The lowest BCUT2D eigenvalue weighted by Gasteiger charge is -2.14. The van der Waals surface area contributed by atoms with Crippen LogP contribution in [0, 0.1) is 6.92 Å². The maximum Gasteiger partial charge on any atom is 0.266 e. The number of thioether (sulfide) groups is 1. The standard InChI is InChI=1S/C27H25NO3S2/c1-3-30-24-15-21(13-14-23(24)31-18-22-12-8-7-9-19(22)2)16-25-26(29)28(27(32)33-25)17-20-10-5-4-6-11-20/h4-16H,3,17-18H2,1-2H3. The van der Waals surface area contributed by atoms with E-state index in [2.05, 4.69) is 19.1 Å². The summed E-state index contributed by atoms with van der Waals surface area (Å²) in [6, 6.07) is 23.7. The van der Waals surface area contributed by atoms with Crippen molar-refractivity contribution in [1.29, 1.82) is 0 Å². The molecular weight excluding hydrogens is 450 g/mol. The van der Waals surface area contributed by atoms with Crippen molar-refractivity contribution in [2.24, 2.45) is 0 Å². The minimum atomic E-state index is -0.0771. The normalized spacial score (nSPS) is 14.7. The van der Waals surface area contributed by atoms with Crippen molar-refractivity contribution in [2.75, 3.05) is 6.61 Å². The first-order valence-corrected chi connectivity index (χ1v) is 12.0. The van der Waals surface area contributed by atoms with Crippen molar-refractivity contribution in [1.82, 2.24) is 4.90 Å². The minimum absolute atomic E-state index is 0.0771. The molecule has 0 aliphatic carbocycles. The molecule has 33 heavy (non-hydrogen) atoms. The van der Waals surface area contributed by atoms with Crippen molar-refractivity contribution in [3.8, 4) is 11.5 Å². The van der Waals surface area contributed by atoms with Gasteiger partial charge in [0.2, 0.25) is 0 Å². The maximum atomic E-state index is 13.0. The van der Waals surface area contributed by atoms with E-state index in [1.54, 1.807) is 4.90 Å². The Morgan fingerprint density at radius 1 is 0.970 bits per heavy atom. The number of benzene rings is 3. The van der Waals surface area contributed by atoms with E-state index in [0.29, 0.717) is 40.5 Å². The van der Waals surface area contributed by atoms with Gasteiger partial charge in [0.25, 0.3) is 5.91 Å². The molecule has 0 saturated carbocycles. The van der Waals surface area contributed by atoms with Crippen LogP contribution in [0.25, 0.3) is 6.08 Å². The van der Waals surface area contributed by atoms with Gasteiger partial charge in [-0.2, -0.15) is 0 Å². The average molecular weight is 476 g/mol. The van der Waals surface area contributed by atoms with Crippen molar-refractivity contribution in [2.45, 2.75) is 27.0 Å². The molecular formula is C27H25NO3S2. The summed E-state index contributed by atoms with van der Waals surface area (Å²) in [5.74, 6) is 1.25. The summed E-state index contributed by atoms with van der Waals surface area (Å²) in [5, 5.41) is 0. The van der Waals surface area contributed by atoms with E-state index in [0.717, 1.165) is 16.7 Å². The van der Waals surface area contributed by atoms with Gasteiger partial charge in [-0.15, -0.1) is 0 Å². The molecule has 4 nitrogen and oxygen atoms in total. The molecule has 0 bridgehead atoms. The van der Waals surface area contributed by atoms with Crippen molar-refractivity contribution in [3.05, 3.63) is 100.0 Å². The third-order valence-electron chi connectivity index (χ3n) is 5.27. The predicted molar refractivity (Wildman–Crippen MR) is 138 cm³/mol. The van der Waals surface area contributed by atoms with E-state index in [1.807, 2.05) is 73.7 Å². The van der Waals surface area contributed by atoms with E-state index >= 15 is 0 Å². The molecule has 3 aromatic carbocycles. The number of thiocarbonyl (C=S) groups is 1. The zero-order valence-electron chi connectivity index (χ0n) is 18.6. The Balaban J connectivity index is 1.51. The van der Waals surface area contributed by atoms with Crippen molar-refractivity contribution < 1.29 is 14.3 Å². The van der Waals surface area contributed by atoms with Gasteiger partial charge in [0.1, 0.15) is 10.9 Å². The molecule has 0 aromatic heterocycles. The van der Waals surface area contributed by atoms with Gasteiger partial charge in [-0.3, -0.25) is 9.69 Å². The highest BCUT2D eigenvalue weighted by Crippen LogP contribution is 2.36. The molecule has 1 amide bonds. The van der Waals surface area contributed by atoms with Crippen LogP contribution in [-0.2, 0) is 17.9 Å². The number of ether oxygens (including phenoxy) is 2. The molecule has 0 spiro atoms. The molecule has 6 heteroatoms. The Hall–Kier alpha value is -3.09. The average Bonchev–Trinajstić information content (AvgIpc) is 3.08. The fraction of sp³-hybridized carbons (Fsp3) is 0.185. The second-order valence-electron chi connectivity index (χ2n) is 7.61. The van der Waals surface area contributed by atoms with Gasteiger partial charge in [0, 0.05) is 0 Å². The molecule has 0 N–H and O–H groups in total. The first-order chi connectivity index (χ1) is 16.0. The first kappa shape index (κ1) is 23.1. The van der Waals surface area contributed by atoms with Gasteiger partial charge in [0.15, 0.2) is 11.5 Å². The highest BCUT2D eigenvalue weighted by Gasteiger charge is 2.32. The fourth-order valence-electron chi connectivity index (χ4n) is 3.48. The Morgan fingerprint density at radius 3 is 2.48 bits per heavy atom. The summed E-state index contributed by atoms with van der Waals surface area (Å²) < 4.78 is 12.5. The van der Waals surface area contributed by atoms with Crippen LogP contribution < -0.4 is 9.47 Å². The second kappa shape index (κ2) is 10.7. The number of aryl methyl sites for hydroxylation is 1. The monoisotopic (exact) mass is 475 g/mol. The van der Waals surface area contributed by atoms with Gasteiger partial charge in [0.05, 0.1) is 18.1 Å². The van der Waals surface area contributed by atoms with E-state index in [-0.39, 0.29) is 5.91 Å². The lowest BCUT2D eigenvalue weighted by atomic mass is 10.1. The Kier molecular flexibility index (Phi) is 7.47. The number of hydrogen-bond acceptors (Lipinski definition) is 5. The van der Waals surface area contributed by atoms with Gasteiger partial charge < -0.3 is 9.47 Å². The smallest absolute Gasteiger partial charge is 0.266 e. The van der Waals surface area contributed by atoms with Crippen LogP contribution >= 0.6 is 24.0 Å². The fourth-order valence-corrected chi connectivity index (χ4v) is 4.74. The van der Waals surface area contributed by atoms with Crippen LogP contribution in [-0.4, -0.2) is 21.7 Å². The highest BCUT2D eigenvalue weighted by atomic mass is 32.2. The number of hydrogen-bond donors (Lipinski definition) is 0. The summed E-state index contributed by atoms with van der Waals surface area (Å²) in [4.78, 5) is 15.2. The van der Waals surface area contributed by atoms with Crippen LogP contribution in [0.4, 0.5) is 0 Å². The number of carbonyl (C=O) groups is 1. The molecule has 0 radical (unpaired) electrons. The number of amides is 1. The van der Waals surface area contributed by atoms with Crippen molar-refractivity contribution in [3.63, 3.8) is 0 Å². The van der Waals surface area contributed by atoms with Gasteiger partial charge >= 0.3 is 0 Å². The van der Waals surface area contributed by atoms with Crippen molar-refractivity contribution >= 4 is 40.3 Å². The Bertz CT molecular complexity index is 1190. The third-order valence-corrected chi connectivity index (χ3v) is 6.64. The van der Waals surface area contributed by atoms with Gasteiger partial charge in [-0.1, -0.05) is 84.6 Å². The molecule has 1 aliphatic heterocycles. The SMILES string of the molecule is CCOc1cc(C=C2SC(=S)N(Cc3ccccc3)C2=O)ccc1OCc1ccccc1C. The summed E-state index contributed by atoms with van der Waals surface area (Å²) in [7, 11) is 0. The largest absolute Gasteiger partial charge is 0.490 e. The zero-order valence-corrected chi connectivity index (χ0v) is 20.2. The summed E-state index contributed by atoms with van der Waals surface area (Å²) >= 11 is 6.80. The molecule has 1 saturated heterocycles.